The fourth-order valence-electron chi connectivity index (χ4n) is 3.12. The maximum Gasteiger partial charge on any atom is 0.203 e. The Hall–Kier alpha value is -0.0631. The molecule has 0 aromatic rings. The van der Waals surface area contributed by atoms with Gasteiger partial charge in [0, 0.05) is 0 Å². The number of ether oxygens (including phenoxy) is 4. The monoisotopic (exact) mass is 390 g/mol. The second-order valence-electron chi connectivity index (χ2n) is 8.97. The van der Waals surface area contributed by atoms with Crippen molar-refractivity contribution < 1.29 is 23.4 Å². The van der Waals surface area contributed by atoms with Gasteiger partial charge >= 0.3 is 0 Å². The lowest BCUT2D eigenvalue weighted by Gasteiger charge is -2.41. The second kappa shape index (κ2) is 8.53. The molecule has 0 atom stereocenters. The number of likely N-dealkylation sites (N-methyl/N-ethyl adjacent to an activating group) is 2. The van der Waals surface area contributed by atoms with E-state index in [4.69, 9.17) is 23.4 Å². The normalized spacial score (nSPS) is 23.1. The van der Waals surface area contributed by atoms with Crippen molar-refractivity contribution in [3.8, 4) is 0 Å². The Labute approximate surface area is 159 Å². The first-order valence-corrected chi connectivity index (χ1v) is 12.5. The summed E-state index contributed by atoms with van der Waals surface area (Å²) in [6.07, 6.45) is 0. The minimum absolute atomic E-state index is 0.154. The summed E-state index contributed by atoms with van der Waals surface area (Å²) in [5, 5.41) is 3.32. The lowest BCUT2D eigenvalue weighted by molar-refractivity contribution is -0.206. The first kappa shape index (κ1) is 22.2. The smallest absolute Gasteiger partial charge is 0.203 e. The zero-order valence-corrected chi connectivity index (χ0v) is 18.6. The first-order chi connectivity index (χ1) is 12.0. The molecule has 1 N–H and O–H groups in total. The van der Waals surface area contributed by atoms with E-state index in [-0.39, 0.29) is 5.04 Å². The van der Waals surface area contributed by atoms with Gasteiger partial charge in [-0.25, -0.2) is 0 Å². The van der Waals surface area contributed by atoms with Gasteiger partial charge < -0.3 is 28.7 Å². The molecule has 2 rings (SSSR count). The molecule has 2 aliphatic rings. The average molecular weight is 391 g/mol. The lowest BCUT2D eigenvalue weighted by Crippen LogP contribution is -2.55. The van der Waals surface area contributed by atoms with Gasteiger partial charge in [0.2, 0.25) is 5.79 Å². The van der Waals surface area contributed by atoms with E-state index in [1.165, 1.54) is 0 Å². The highest BCUT2D eigenvalue weighted by molar-refractivity contribution is 6.74. The van der Waals surface area contributed by atoms with Crippen molar-refractivity contribution in [1.29, 1.82) is 0 Å². The van der Waals surface area contributed by atoms with Gasteiger partial charge in [0.1, 0.15) is 0 Å². The van der Waals surface area contributed by atoms with Crippen LogP contribution in [0.15, 0.2) is 0 Å². The molecular weight excluding hydrogens is 352 g/mol. The van der Waals surface area contributed by atoms with Gasteiger partial charge in [-0.1, -0.05) is 20.8 Å². The van der Waals surface area contributed by atoms with E-state index in [1.807, 2.05) is 14.1 Å². The fourth-order valence-corrected chi connectivity index (χ4v) is 4.13. The molecule has 2 aliphatic heterocycles. The molecule has 0 spiro atoms. The fraction of sp³-hybridized carbons (Fsp3) is 1.00. The Balaban J connectivity index is 1.98. The van der Waals surface area contributed by atoms with Crippen LogP contribution >= 0.6 is 0 Å². The minimum atomic E-state index is -1.87. The van der Waals surface area contributed by atoms with E-state index in [0.29, 0.717) is 52.7 Å². The summed E-state index contributed by atoms with van der Waals surface area (Å²) in [6, 6.07) is 0. The van der Waals surface area contributed by atoms with Crippen LogP contribution in [0, 0.1) is 0 Å². The molecule has 8 heteroatoms. The van der Waals surface area contributed by atoms with E-state index in [2.05, 4.69) is 44.1 Å². The molecule has 2 heterocycles. The highest BCUT2D eigenvalue weighted by Gasteiger charge is 2.45. The van der Waals surface area contributed by atoms with Crippen LogP contribution in [-0.4, -0.2) is 91.6 Å². The van der Waals surface area contributed by atoms with Gasteiger partial charge in [0.05, 0.1) is 52.7 Å². The Morgan fingerprint density at radius 3 is 1.88 bits per heavy atom. The zero-order chi connectivity index (χ0) is 19.5. The summed E-state index contributed by atoms with van der Waals surface area (Å²) in [4.78, 5) is 2.16. The van der Waals surface area contributed by atoms with Crippen LogP contribution in [0.4, 0.5) is 0 Å². The van der Waals surface area contributed by atoms with Crippen LogP contribution in [-0.2, 0) is 23.4 Å². The summed E-state index contributed by atoms with van der Waals surface area (Å²) < 4.78 is 30.2. The average Bonchev–Trinajstić information content (AvgIpc) is 3.15. The van der Waals surface area contributed by atoms with Crippen molar-refractivity contribution in [3.05, 3.63) is 0 Å². The molecule has 7 nitrogen and oxygen atoms in total. The Morgan fingerprint density at radius 2 is 1.42 bits per heavy atom. The second-order valence-corrected chi connectivity index (χ2v) is 13.8. The van der Waals surface area contributed by atoms with Crippen LogP contribution in [0.2, 0.25) is 18.1 Å². The molecule has 0 saturated carbocycles. The van der Waals surface area contributed by atoms with Crippen molar-refractivity contribution in [3.63, 3.8) is 0 Å². The summed E-state index contributed by atoms with van der Waals surface area (Å²) in [6.45, 7) is 16.0. The van der Waals surface area contributed by atoms with Gasteiger partial charge in [-0.15, -0.1) is 0 Å². The zero-order valence-electron chi connectivity index (χ0n) is 17.6. The van der Waals surface area contributed by atoms with E-state index in [1.54, 1.807) is 0 Å². The van der Waals surface area contributed by atoms with Crippen molar-refractivity contribution in [2.45, 2.75) is 50.5 Å². The molecule has 0 aromatic carbocycles. The molecule has 0 radical (unpaired) electrons. The van der Waals surface area contributed by atoms with Crippen LogP contribution in [0.3, 0.4) is 0 Å². The largest absolute Gasteiger partial charge is 0.411 e. The van der Waals surface area contributed by atoms with Gasteiger partial charge in [-0.05, 0) is 32.2 Å². The Bertz CT molecular complexity index is 443. The van der Waals surface area contributed by atoms with Crippen molar-refractivity contribution >= 4 is 8.32 Å². The highest BCUT2D eigenvalue weighted by atomic mass is 28.4. The highest BCUT2D eigenvalue weighted by Crippen LogP contribution is 2.37. The molecule has 0 unspecified atom stereocenters. The molecule has 0 aliphatic carbocycles. The SMILES string of the molecule is CNCC1(CN(C)CC2(CO[Si](C)(C)C(C)(C)C)OCCO2)OCCO1. The van der Waals surface area contributed by atoms with Gasteiger partial charge in [0.15, 0.2) is 14.1 Å². The lowest BCUT2D eigenvalue weighted by atomic mass is 10.2. The molecule has 0 amide bonds. The van der Waals surface area contributed by atoms with Crippen LogP contribution in [0.1, 0.15) is 20.8 Å². The maximum absolute atomic E-state index is 6.41. The Kier molecular flexibility index (Phi) is 7.29. The van der Waals surface area contributed by atoms with Gasteiger partial charge in [0.25, 0.3) is 0 Å². The molecular formula is C18H38N2O5Si. The number of hydrogen-bond acceptors (Lipinski definition) is 7. The number of hydrogen-bond donors (Lipinski definition) is 1. The summed E-state index contributed by atoms with van der Waals surface area (Å²) >= 11 is 0. The van der Waals surface area contributed by atoms with Crippen molar-refractivity contribution in [2.24, 2.45) is 0 Å². The number of nitrogens with one attached hydrogen (secondary N) is 1. The predicted octanol–water partition coefficient (Wildman–Crippen LogP) is 1.65. The summed E-state index contributed by atoms with van der Waals surface area (Å²) in [7, 11) is 2.08. The topological polar surface area (TPSA) is 61.4 Å². The third-order valence-corrected chi connectivity index (χ3v) is 10.0. The van der Waals surface area contributed by atoms with E-state index >= 15 is 0 Å². The molecule has 154 valence electrons. The molecule has 0 aromatic heterocycles. The predicted molar refractivity (Wildman–Crippen MR) is 104 cm³/mol. The minimum Gasteiger partial charge on any atom is -0.411 e. The number of rotatable bonds is 9. The maximum atomic E-state index is 6.41. The third-order valence-electron chi connectivity index (χ3n) is 5.55. The van der Waals surface area contributed by atoms with E-state index in [0.717, 1.165) is 0 Å². The number of nitrogens with zero attached hydrogens (tertiary/aromatic N) is 1. The molecule has 0 bridgehead atoms. The van der Waals surface area contributed by atoms with E-state index < -0.39 is 19.9 Å². The van der Waals surface area contributed by atoms with Crippen LogP contribution in [0.25, 0.3) is 0 Å². The van der Waals surface area contributed by atoms with Crippen molar-refractivity contribution in [1.82, 2.24) is 10.2 Å². The molecule has 2 fully saturated rings. The standard InChI is InChI=1S/C18H38N2O5Si/c1-16(2,3)26(6,7)25-15-18(23-10-11-24-18)14-20(5)13-17(12-19-4)21-8-9-22-17/h19H,8-15H2,1-7H3. The van der Waals surface area contributed by atoms with Gasteiger partial charge in [-0.2, -0.15) is 0 Å². The van der Waals surface area contributed by atoms with Crippen LogP contribution < -0.4 is 5.32 Å². The van der Waals surface area contributed by atoms with Gasteiger partial charge in [-0.3, -0.25) is 4.90 Å². The third kappa shape index (κ3) is 5.48. The van der Waals surface area contributed by atoms with E-state index in [9.17, 15) is 0 Å². The Morgan fingerprint density at radius 1 is 0.962 bits per heavy atom. The van der Waals surface area contributed by atoms with Crippen molar-refractivity contribution in [2.75, 3.05) is 66.8 Å². The summed E-state index contributed by atoms with van der Waals surface area (Å²) in [5.41, 5.74) is 0. The van der Waals surface area contributed by atoms with Crippen LogP contribution in [0.5, 0.6) is 0 Å². The summed E-state index contributed by atoms with van der Waals surface area (Å²) in [5.74, 6) is -1.33. The first-order valence-electron chi connectivity index (χ1n) is 9.56. The molecule has 2 saturated heterocycles. The molecule has 26 heavy (non-hydrogen) atoms. The quantitative estimate of drug-likeness (QED) is 0.601.